The Kier molecular flexibility index (Phi) is 7.42. The molecule has 0 aliphatic carbocycles. The van der Waals surface area contributed by atoms with E-state index in [1.807, 2.05) is 33.8 Å². The molecule has 0 aliphatic rings. The lowest BCUT2D eigenvalue weighted by molar-refractivity contribution is 0.0515. The van der Waals surface area contributed by atoms with E-state index in [1.54, 1.807) is 6.20 Å². The third-order valence-electron chi connectivity index (χ3n) is 3.40. The molecule has 1 rings (SSSR count). The summed E-state index contributed by atoms with van der Waals surface area (Å²) in [6, 6.07) is 1.91. The van der Waals surface area contributed by atoms with E-state index in [4.69, 9.17) is 4.74 Å². The molecule has 1 aromatic rings. The second-order valence-electron chi connectivity index (χ2n) is 7.11. The van der Waals surface area contributed by atoms with Crippen molar-refractivity contribution in [3.8, 4) is 0 Å². The molecule has 1 heterocycles. The molecule has 0 radical (unpaired) electrons. The maximum Gasteiger partial charge on any atom is 0.407 e. The summed E-state index contributed by atoms with van der Waals surface area (Å²) in [6.07, 6.45) is 1.40. The lowest BCUT2D eigenvalue weighted by atomic mass is 9.96. The number of aromatic nitrogens is 2. The van der Waals surface area contributed by atoms with E-state index in [-0.39, 0.29) is 6.09 Å². The Morgan fingerprint density at radius 3 is 2.57 bits per heavy atom. The van der Waals surface area contributed by atoms with Crippen molar-refractivity contribution in [3.63, 3.8) is 0 Å². The van der Waals surface area contributed by atoms with Gasteiger partial charge in [0.2, 0.25) is 0 Å². The number of carbonyl (C=O) groups excluding carboxylic acids is 1. The topological polar surface area (TPSA) is 76.1 Å². The third-order valence-corrected chi connectivity index (χ3v) is 3.40. The first-order valence-electron chi connectivity index (χ1n) is 8.13. The second-order valence-corrected chi connectivity index (χ2v) is 7.11. The summed E-state index contributed by atoms with van der Waals surface area (Å²) in [5, 5.41) is 6.25. The van der Waals surface area contributed by atoms with Gasteiger partial charge in [-0.25, -0.2) is 14.8 Å². The monoisotopic (exact) mass is 322 g/mol. The number of hydrogen-bond acceptors (Lipinski definition) is 5. The van der Waals surface area contributed by atoms with Crippen LogP contribution in [0.1, 0.15) is 46.1 Å². The van der Waals surface area contributed by atoms with E-state index < -0.39 is 5.60 Å². The molecule has 0 saturated carbocycles. The summed E-state index contributed by atoms with van der Waals surface area (Å²) >= 11 is 0. The summed E-state index contributed by atoms with van der Waals surface area (Å²) in [6.45, 7) is 13.8. The van der Waals surface area contributed by atoms with Crippen molar-refractivity contribution in [2.24, 2.45) is 11.8 Å². The van der Waals surface area contributed by atoms with Crippen LogP contribution in [0.4, 0.5) is 4.79 Å². The van der Waals surface area contributed by atoms with Gasteiger partial charge < -0.3 is 15.4 Å². The Bertz CT molecular complexity index is 498. The summed E-state index contributed by atoms with van der Waals surface area (Å²) in [5.41, 5.74) is 0.501. The predicted molar refractivity (Wildman–Crippen MR) is 91.0 cm³/mol. The lowest BCUT2D eigenvalue weighted by Crippen LogP contribution is -2.39. The first-order valence-corrected chi connectivity index (χ1v) is 8.13. The van der Waals surface area contributed by atoms with E-state index in [0.717, 1.165) is 18.1 Å². The zero-order valence-electron chi connectivity index (χ0n) is 15.1. The molecule has 6 nitrogen and oxygen atoms in total. The third kappa shape index (κ3) is 8.50. The van der Waals surface area contributed by atoms with Gasteiger partial charge in [0.15, 0.2) is 0 Å². The van der Waals surface area contributed by atoms with E-state index in [9.17, 15) is 4.79 Å². The standard InChI is InChI=1S/C17H30N4O2/c1-12(2)14(10-20-16(22)23-17(4,5)6)9-18-11-15-7-8-19-13(3)21-15/h7-8,12,14,18H,9-11H2,1-6H3,(H,20,22). The number of aryl methyl sites for hydroxylation is 1. The van der Waals surface area contributed by atoms with E-state index >= 15 is 0 Å². The molecule has 0 aliphatic heterocycles. The lowest BCUT2D eigenvalue weighted by Gasteiger charge is -2.24. The van der Waals surface area contributed by atoms with Crippen LogP contribution in [-0.4, -0.2) is 34.8 Å². The maximum atomic E-state index is 11.7. The molecule has 1 atom stereocenters. The highest BCUT2D eigenvalue weighted by Crippen LogP contribution is 2.10. The maximum absolute atomic E-state index is 11.7. The molecular weight excluding hydrogens is 292 g/mol. The van der Waals surface area contributed by atoms with Crippen LogP contribution in [0.15, 0.2) is 12.3 Å². The number of hydrogen-bond donors (Lipinski definition) is 2. The number of nitrogens with one attached hydrogen (secondary N) is 2. The fraction of sp³-hybridized carbons (Fsp3) is 0.706. The molecule has 23 heavy (non-hydrogen) atoms. The van der Waals surface area contributed by atoms with Crippen molar-refractivity contribution in [1.82, 2.24) is 20.6 Å². The molecule has 1 unspecified atom stereocenters. The number of alkyl carbamates (subject to hydrolysis) is 1. The van der Waals surface area contributed by atoms with Gasteiger partial charge in [-0.1, -0.05) is 13.8 Å². The number of amides is 1. The Hall–Kier alpha value is -1.69. The normalized spacial score (nSPS) is 13.0. The molecule has 2 N–H and O–H groups in total. The number of nitrogens with zero attached hydrogens (tertiary/aromatic N) is 2. The first kappa shape index (κ1) is 19.4. The quantitative estimate of drug-likeness (QED) is 0.807. The van der Waals surface area contributed by atoms with Gasteiger partial charge in [0.1, 0.15) is 11.4 Å². The van der Waals surface area contributed by atoms with Gasteiger partial charge in [0.05, 0.1) is 5.69 Å². The van der Waals surface area contributed by atoms with Crippen LogP contribution >= 0.6 is 0 Å². The largest absolute Gasteiger partial charge is 0.444 e. The Balaban J connectivity index is 2.39. The SMILES string of the molecule is Cc1nccc(CNCC(CNC(=O)OC(C)(C)C)C(C)C)n1. The minimum absolute atomic E-state index is 0.324. The van der Waals surface area contributed by atoms with Gasteiger partial charge in [0.25, 0.3) is 0 Å². The fourth-order valence-electron chi connectivity index (χ4n) is 2.06. The van der Waals surface area contributed by atoms with Crippen LogP contribution in [0.25, 0.3) is 0 Å². The molecule has 0 spiro atoms. The van der Waals surface area contributed by atoms with Crippen molar-refractivity contribution in [1.29, 1.82) is 0 Å². The molecule has 0 bridgehead atoms. The van der Waals surface area contributed by atoms with Crippen molar-refractivity contribution in [3.05, 3.63) is 23.8 Å². The zero-order valence-corrected chi connectivity index (χ0v) is 15.1. The number of ether oxygens (including phenoxy) is 1. The Labute approximate surface area is 139 Å². The van der Waals surface area contributed by atoms with E-state index in [1.165, 1.54) is 0 Å². The van der Waals surface area contributed by atoms with Crippen LogP contribution in [0, 0.1) is 18.8 Å². The first-order chi connectivity index (χ1) is 10.7. The van der Waals surface area contributed by atoms with Crippen molar-refractivity contribution >= 4 is 6.09 Å². The molecular formula is C17H30N4O2. The second kappa shape index (κ2) is 8.82. The van der Waals surface area contributed by atoms with Gasteiger partial charge in [-0.2, -0.15) is 0 Å². The highest BCUT2D eigenvalue weighted by atomic mass is 16.6. The highest BCUT2D eigenvalue weighted by molar-refractivity contribution is 5.67. The minimum Gasteiger partial charge on any atom is -0.444 e. The molecule has 1 aromatic heterocycles. The van der Waals surface area contributed by atoms with Crippen LogP contribution in [0.5, 0.6) is 0 Å². The predicted octanol–water partition coefficient (Wildman–Crippen LogP) is 2.67. The van der Waals surface area contributed by atoms with E-state index in [0.29, 0.717) is 24.9 Å². The van der Waals surface area contributed by atoms with Crippen molar-refractivity contribution in [2.75, 3.05) is 13.1 Å². The summed E-state index contributed by atoms with van der Waals surface area (Å²) in [7, 11) is 0. The van der Waals surface area contributed by atoms with Crippen LogP contribution in [-0.2, 0) is 11.3 Å². The van der Waals surface area contributed by atoms with E-state index in [2.05, 4.69) is 34.4 Å². The highest BCUT2D eigenvalue weighted by Gasteiger charge is 2.19. The van der Waals surface area contributed by atoms with Crippen molar-refractivity contribution < 1.29 is 9.53 Å². The molecule has 0 aromatic carbocycles. The van der Waals surface area contributed by atoms with Crippen LogP contribution in [0.2, 0.25) is 0 Å². The van der Waals surface area contributed by atoms with Gasteiger partial charge in [0, 0.05) is 25.8 Å². The number of rotatable bonds is 7. The fourth-order valence-corrected chi connectivity index (χ4v) is 2.06. The minimum atomic E-state index is -0.472. The van der Waals surface area contributed by atoms with Gasteiger partial charge >= 0.3 is 6.09 Å². The Morgan fingerprint density at radius 2 is 2.00 bits per heavy atom. The smallest absolute Gasteiger partial charge is 0.407 e. The van der Waals surface area contributed by atoms with Gasteiger partial charge in [-0.15, -0.1) is 0 Å². The zero-order chi connectivity index (χ0) is 17.5. The van der Waals surface area contributed by atoms with Gasteiger partial charge in [-0.3, -0.25) is 0 Å². The molecule has 1 amide bonds. The molecule has 6 heteroatoms. The molecule has 0 fully saturated rings. The average Bonchev–Trinajstić information content (AvgIpc) is 2.40. The van der Waals surface area contributed by atoms with Crippen molar-refractivity contribution in [2.45, 2.75) is 53.7 Å². The summed E-state index contributed by atoms with van der Waals surface area (Å²) < 4.78 is 5.27. The van der Waals surface area contributed by atoms with Gasteiger partial charge in [-0.05, 0) is 45.6 Å². The molecule has 130 valence electrons. The summed E-state index contributed by atoms with van der Waals surface area (Å²) in [5.74, 6) is 1.55. The number of carbonyl (C=O) groups is 1. The Morgan fingerprint density at radius 1 is 1.30 bits per heavy atom. The van der Waals surface area contributed by atoms with Crippen LogP contribution in [0.3, 0.4) is 0 Å². The summed E-state index contributed by atoms with van der Waals surface area (Å²) in [4.78, 5) is 20.2. The molecule has 0 saturated heterocycles. The van der Waals surface area contributed by atoms with Crippen LogP contribution < -0.4 is 10.6 Å². The average molecular weight is 322 g/mol.